The zero-order valence-electron chi connectivity index (χ0n) is 10.6. The van der Waals surface area contributed by atoms with E-state index in [0.29, 0.717) is 5.69 Å². The average Bonchev–Trinajstić information content (AvgIpc) is 2.40. The number of carbonyl (C=O) groups is 1. The van der Waals surface area contributed by atoms with Crippen molar-refractivity contribution in [1.82, 2.24) is 4.98 Å². The van der Waals surface area contributed by atoms with Crippen LogP contribution < -0.4 is 5.32 Å². The first-order valence-electron chi connectivity index (χ1n) is 5.89. The summed E-state index contributed by atoms with van der Waals surface area (Å²) in [5, 5.41) is 11.1. The first-order chi connectivity index (χ1) is 9.19. The van der Waals surface area contributed by atoms with Crippen LogP contribution in [0.3, 0.4) is 0 Å². The SMILES string of the molecule is Cc1ccnc(-c2ccc(NC(=O)CC#N)cc2)c1. The number of amides is 1. The van der Waals surface area contributed by atoms with Gasteiger partial charge in [-0.05, 0) is 36.8 Å². The van der Waals surface area contributed by atoms with E-state index in [1.54, 1.807) is 18.3 Å². The van der Waals surface area contributed by atoms with Crippen molar-refractivity contribution < 1.29 is 4.79 Å². The van der Waals surface area contributed by atoms with E-state index >= 15 is 0 Å². The molecule has 0 bridgehead atoms. The first-order valence-corrected chi connectivity index (χ1v) is 5.89. The molecule has 1 heterocycles. The van der Waals surface area contributed by atoms with Crippen molar-refractivity contribution in [1.29, 1.82) is 5.26 Å². The summed E-state index contributed by atoms with van der Waals surface area (Å²) in [4.78, 5) is 15.6. The highest BCUT2D eigenvalue weighted by molar-refractivity contribution is 5.92. The van der Waals surface area contributed by atoms with Gasteiger partial charge in [-0.3, -0.25) is 9.78 Å². The Morgan fingerprint density at radius 3 is 2.68 bits per heavy atom. The van der Waals surface area contributed by atoms with E-state index in [2.05, 4.69) is 10.3 Å². The predicted molar refractivity (Wildman–Crippen MR) is 73.3 cm³/mol. The molecule has 0 spiro atoms. The van der Waals surface area contributed by atoms with Gasteiger partial charge in [-0.2, -0.15) is 5.26 Å². The number of nitrogens with one attached hydrogen (secondary N) is 1. The third kappa shape index (κ3) is 3.39. The lowest BCUT2D eigenvalue weighted by Crippen LogP contribution is -2.09. The lowest BCUT2D eigenvalue weighted by atomic mass is 10.1. The second-order valence-electron chi connectivity index (χ2n) is 4.18. The van der Waals surface area contributed by atoms with Crippen molar-refractivity contribution in [3.8, 4) is 17.3 Å². The van der Waals surface area contributed by atoms with Crippen molar-refractivity contribution in [2.75, 3.05) is 5.32 Å². The number of rotatable bonds is 3. The molecule has 0 radical (unpaired) electrons. The zero-order chi connectivity index (χ0) is 13.7. The molecule has 19 heavy (non-hydrogen) atoms. The molecule has 1 aromatic heterocycles. The van der Waals surface area contributed by atoms with Crippen LogP contribution in [0.25, 0.3) is 11.3 Å². The molecule has 0 fully saturated rings. The molecule has 0 aliphatic rings. The van der Waals surface area contributed by atoms with Crippen molar-refractivity contribution in [2.45, 2.75) is 13.3 Å². The molecule has 0 aliphatic carbocycles. The molecule has 1 N–H and O–H groups in total. The maximum atomic E-state index is 11.3. The van der Waals surface area contributed by atoms with Gasteiger partial charge >= 0.3 is 0 Å². The van der Waals surface area contributed by atoms with Gasteiger partial charge in [0.05, 0.1) is 11.8 Å². The van der Waals surface area contributed by atoms with E-state index in [4.69, 9.17) is 5.26 Å². The number of carbonyl (C=O) groups excluding carboxylic acids is 1. The first kappa shape index (κ1) is 12.8. The maximum Gasteiger partial charge on any atom is 0.238 e. The molecule has 1 amide bonds. The lowest BCUT2D eigenvalue weighted by Gasteiger charge is -2.05. The Hall–Kier alpha value is -2.67. The van der Waals surface area contributed by atoms with Crippen molar-refractivity contribution in [2.24, 2.45) is 0 Å². The van der Waals surface area contributed by atoms with Crippen LogP contribution in [0.4, 0.5) is 5.69 Å². The standard InChI is InChI=1S/C15H13N3O/c1-11-7-9-17-14(10-11)12-2-4-13(5-3-12)18-15(19)6-8-16/h2-5,7,9-10H,6H2,1H3,(H,18,19). The zero-order valence-corrected chi connectivity index (χ0v) is 10.6. The van der Waals surface area contributed by atoms with Gasteiger partial charge in [-0.1, -0.05) is 12.1 Å². The molecule has 2 rings (SSSR count). The van der Waals surface area contributed by atoms with Crippen LogP contribution in [0.5, 0.6) is 0 Å². The average molecular weight is 251 g/mol. The molecule has 0 saturated carbocycles. The maximum absolute atomic E-state index is 11.3. The Bertz CT molecular complexity index is 627. The van der Waals surface area contributed by atoms with E-state index in [-0.39, 0.29) is 12.3 Å². The number of benzene rings is 1. The van der Waals surface area contributed by atoms with Crippen LogP contribution >= 0.6 is 0 Å². The van der Waals surface area contributed by atoms with Crippen LogP contribution in [0.15, 0.2) is 42.6 Å². The van der Waals surface area contributed by atoms with Gasteiger partial charge in [0.15, 0.2) is 0 Å². The quantitative estimate of drug-likeness (QED) is 0.912. The second kappa shape index (κ2) is 5.78. The van der Waals surface area contributed by atoms with Gasteiger partial charge in [-0.15, -0.1) is 0 Å². The van der Waals surface area contributed by atoms with Crippen LogP contribution in [0.1, 0.15) is 12.0 Å². The Kier molecular flexibility index (Phi) is 3.89. The molecule has 0 saturated heterocycles. The highest BCUT2D eigenvalue weighted by Gasteiger charge is 2.03. The highest BCUT2D eigenvalue weighted by atomic mass is 16.1. The normalized spacial score (nSPS) is 9.68. The number of anilines is 1. The Morgan fingerprint density at radius 1 is 1.32 bits per heavy atom. The monoisotopic (exact) mass is 251 g/mol. The van der Waals surface area contributed by atoms with Gasteiger partial charge in [0.1, 0.15) is 6.42 Å². The summed E-state index contributed by atoms with van der Waals surface area (Å²) in [6.45, 7) is 2.02. The fourth-order valence-electron chi connectivity index (χ4n) is 1.70. The second-order valence-corrected chi connectivity index (χ2v) is 4.18. The topological polar surface area (TPSA) is 65.8 Å². The van der Waals surface area contributed by atoms with Crippen LogP contribution in [-0.4, -0.2) is 10.9 Å². The van der Waals surface area contributed by atoms with Gasteiger partial charge in [0, 0.05) is 17.4 Å². The fourth-order valence-corrected chi connectivity index (χ4v) is 1.70. The summed E-state index contributed by atoms with van der Waals surface area (Å²) >= 11 is 0. The van der Waals surface area contributed by atoms with E-state index in [1.165, 1.54) is 0 Å². The van der Waals surface area contributed by atoms with E-state index in [9.17, 15) is 4.79 Å². The Balaban J connectivity index is 2.15. The lowest BCUT2D eigenvalue weighted by molar-refractivity contribution is -0.115. The Labute approximate surface area is 111 Å². The van der Waals surface area contributed by atoms with Crippen LogP contribution in [0.2, 0.25) is 0 Å². The molecule has 0 aliphatic heterocycles. The minimum atomic E-state index is -0.302. The summed E-state index contributed by atoms with van der Waals surface area (Å²) < 4.78 is 0. The largest absolute Gasteiger partial charge is 0.325 e. The van der Waals surface area contributed by atoms with E-state index in [1.807, 2.05) is 37.3 Å². The smallest absolute Gasteiger partial charge is 0.238 e. The van der Waals surface area contributed by atoms with Gasteiger partial charge in [-0.25, -0.2) is 0 Å². The number of hydrogen-bond donors (Lipinski definition) is 1. The van der Waals surface area contributed by atoms with Crippen molar-refractivity contribution in [3.63, 3.8) is 0 Å². The molecule has 4 heteroatoms. The third-order valence-corrected chi connectivity index (χ3v) is 2.62. The summed E-state index contributed by atoms with van der Waals surface area (Å²) in [6, 6.07) is 13.1. The number of pyridine rings is 1. The van der Waals surface area contributed by atoms with Gasteiger partial charge in [0.2, 0.25) is 5.91 Å². The Morgan fingerprint density at radius 2 is 2.05 bits per heavy atom. The van der Waals surface area contributed by atoms with E-state index < -0.39 is 0 Å². The van der Waals surface area contributed by atoms with Gasteiger partial charge < -0.3 is 5.32 Å². The molecule has 94 valence electrons. The van der Waals surface area contributed by atoms with Crippen molar-refractivity contribution >= 4 is 11.6 Å². The molecule has 1 aromatic carbocycles. The molecular formula is C15H13N3O. The highest BCUT2D eigenvalue weighted by Crippen LogP contribution is 2.20. The predicted octanol–water partition coefficient (Wildman–Crippen LogP) is 2.91. The summed E-state index contributed by atoms with van der Waals surface area (Å²) in [7, 11) is 0. The van der Waals surface area contributed by atoms with Crippen molar-refractivity contribution in [3.05, 3.63) is 48.2 Å². The van der Waals surface area contributed by atoms with E-state index in [0.717, 1.165) is 16.8 Å². The summed E-state index contributed by atoms with van der Waals surface area (Å²) in [5.41, 5.74) is 3.71. The number of nitriles is 1. The fraction of sp³-hybridized carbons (Fsp3) is 0.133. The molecule has 4 nitrogen and oxygen atoms in total. The number of hydrogen-bond acceptors (Lipinski definition) is 3. The summed E-state index contributed by atoms with van der Waals surface area (Å²) in [5.74, 6) is -0.302. The van der Waals surface area contributed by atoms with Gasteiger partial charge in [0.25, 0.3) is 0 Å². The molecule has 2 aromatic rings. The van der Waals surface area contributed by atoms with Crippen LogP contribution in [0, 0.1) is 18.3 Å². The molecule has 0 atom stereocenters. The van der Waals surface area contributed by atoms with Crippen LogP contribution in [-0.2, 0) is 4.79 Å². The number of nitrogens with zero attached hydrogens (tertiary/aromatic N) is 2. The number of aromatic nitrogens is 1. The minimum absolute atomic E-state index is 0.138. The number of aryl methyl sites for hydroxylation is 1. The molecule has 0 unspecified atom stereocenters. The minimum Gasteiger partial charge on any atom is -0.325 e. The molecular weight excluding hydrogens is 238 g/mol. The third-order valence-electron chi connectivity index (χ3n) is 2.62. The summed E-state index contributed by atoms with van der Waals surface area (Å²) in [6.07, 6.45) is 1.63.